The fraction of sp³-hybridized carbons (Fsp3) is 0.471. The van der Waals surface area contributed by atoms with Gasteiger partial charge < -0.3 is 5.73 Å². The Kier molecular flexibility index (Phi) is 4.61. The highest BCUT2D eigenvalue weighted by atomic mass is 15.3. The fourth-order valence-electron chi connectivity index (χ4n) is 2.53. The molecule has 1 atom stereocenters. The van der Waals surface area contributed by atoms with E-state index in [9.17, 15) is 0 Å². The highest BCUT2D eigenvalue weighted by molar-refractivity contribution is 5.33. The SMILES string of the molecule is CCc1ccc(C(CN)c2cc(C(C)C)nn2C)cc1. The Bertz CT molecular complexity index is 552. The van der Waals surface area contributed by atoms with Gasteiger partial charge in [-0.1, -0.05) is 45.0 Å². The molecule has 20 heavy (non-hydrogen) atoms. The molecule has 2 N–H and O–H groups in total. The zero-order valence-corrected chi connectivity index (χ0v) is 12.9. The highest BCUT2D eigenvalue weighted by Gasteiger charge is 2.18. The molecule has 0 saturated heterocycles. The number of aromatic nitrogens is 2. The maximum Gasteiger partial charge on any atom is 0.0653 e. The summed E-state index contributed by atoms with van der Waals surface area (Å²) in [6.07, 6.45) is 1.07. The molecular weight excluding hydrogens is 246 g/mol. The first-order chi connectivity index (χ1) is 9.56. The second kappa shape index (κ2) is 6.23. The van der Waals surface area contributed by atoms with Crippen molar-refractivity contribution < 1.29 is 0 Å². The van der Waals surface area contributed by atoms with Crippen molar-refractivity contribution in [3.8, 4) is 0 Å². The van der Waals surface area contributed by atoms with Crippen LogP contribution < -0.4 is 5.73 Å². The summed E-state index contributed by atoms with van der Waals surface area (Å²) < 4.78 is 1.97. The Morgan fingerprint density at radius 1 is 1.20 bits per heavy atom. The molecule has 0 saturated carbocycles. The number of aryl methyl sites for hydroxylation is 2. The smallest absolute Gasteiger partial charge is 0.0653 e. The Morgan fingerprint density at radius 3 is 2.30 bits per heavy atom. The second-order valence-electron chi connectivity index (χ2n) is 5.66. The van der Waals surface area contributed by atoms with Gasteiger partial charge in [0.1, 0.15) is 0 Å². The van der Waals surface area contributed by atoms with Crippen LogP contribution >= 0.6 is 0 Å². The van der Waals surface area contributed by atoms with E-state index in [1.165, 1.54) is 16.8 Å². The predicted octanol–water partition coefficient (Wildman–Crippen LogP) is 3.20. The zero-order chi connectivity index (χ0) is 14.7. The van der Waals surface area contributed by atoms with Crippen molar-refractivity contribution in [1.29, 1.82) is 0 Å². The third-order valence-electron chi connectivity index (χ3n) is 3.91. The van der Waals surface area contributed by atoms with Crippen LogP contribution in [0.2, 0.25) is 0 Å². The molecular formula is C17H25N3. The normalized spacial score (nSPS) is 12.9. The van der Waals surface area contributed by atoms with Crippen LogP contribution in [0.3, 0.4) is 0 Å². The lowest BCUT2D eigenvalue weighted by molar-refractivity contribution is 0.649. The maximum absolute atomic E-state index is 6.02. The van der Waals surface area contributed by atoms with E-state index < -0.39 is 0 Å². The lowest BCUT2D eigenvalue weighted by Crippen LogP contribution is -2.17. The number of rotatable bonds is 5. The van der Waals surface area contributed by atoms with Crippen molar-refractivity contribution in [1.82, 2.24) is 9.78 Å². The Labute approximate surface area is 121 Å². The summed E-state index contributed by atoms with van der Waals surface area (Å²) in [4.78, 5) is 0. The van der Waals surface area contributed by atoms with Crippen LogP contribution in [0.4, 0.5) is 0 Å². The van der Waals surface area contributed by atoms with Gasteiger partial charge in [0, 0.05) is 25.2 Å². The van der Waals surface area contributed by atoms with E-state index in [1.54, 1.807) is 0 Å². The third kappa shape index (κ3) is 2.93. The van der Waals surface area contributed by atoms with Crippen LogP contribution in [0, 0.1) is 0 Å². The Morgan fingerprint density at radius 2 is 1.85 bits per heavy atom. The molecule has 3 nitrogen and oxygen atoms in total. The summed E-state index contributed by atoms with van der Waals surface area (Å²) in [6, 6.07) is 11.0. The fourth-order valence-corrected chi connectivity index (χ4v) is 2.53. The number of hydrogen-bond acceptors (Lipinski definition) is 2. The summed E-state index contributed by atoms with van der Waals surface area (Å²) >= 11 is 0. The van der Waals surface area contributed by atoms with Crippen LogP contribution in [-0.4, -0.2) is 16.3 Å². The number of hydrogen-bond donors (Lipinski definition) is 1. The lowest BCUT2D eigenvalue weighted by Gasteiger charge is -2.16. The van der Waals surface area contributed by atoms with E-state index in [-0.39, 0.29) is 5.92 Å². The van der Waals surface area contributed by atoms with Gasteiger partial charge >= 0.3 is 0 Å². The quantitative estimate of drug-likeness (QED) is 0.907. The van der Waals surface area contributed by atoms with Gasteiger partial charge in [-0.2, -0.15) is 5.10 Å². The molecule has 108 valence electrons. The van der Waals surface area contributed by atoms with Crippen molar-refractivity contribution in [3.05, 3.63) is 52.8 Å². The van der Waals surface area contributed by atoms with Gasteiger partial charge in [-0.15, -0.1) is 0 Å². The van der Waals surface area contributed by atoms with E-state index >= 15 is 0 Å². The topological polar surface area (TPSA) is 43.8 Å². The lowest BCUT2D eigenvalue weighted by atomic mass is 9.93. The summed E-state index contributed by atoms with van der Waals surface area (Å²) in [5.41, 5.74) is 11.0. The largest absolute Gasteiger partial charge is 0.329 e. The van der Waals surface area contributed by atoms with Crippen LogP contribution in [0.15, 0.2) is 30.3 Å². The van der Waals surface area contributed by atoms with Crippen LogP contribution in [0.1, 0.15) is 55.1 Å². The molecule has 0 radical (unpaired) electrons. The first kappa shape index (κ1) is 14.8. The molecule has 0 aliphatic rings. The van der Waals surface area contributed by atoms with E-state index in [4.69, 9.17) is 5.73 Å². The highest BCUT2D eigenvalue weighted by Crippen LogP contribution is 2.26. The van der Waals surface area contributed by atoms with E-state index in [0.717, 1.165) is 12.1 Å². The summed E-state index contributed by atoms with van der Waals surface area (Å²) in [6.45, 7) is 7.10. The zero-order valence-electron chi connectivity index (χ0n) is 12.9. The van der Waals surface area contributed by atoms with Crippen LogP contribution in [0.5, 0.6) is 0 Å². The monoisotopic (exact) mass is 271 g/mol. The van der Waals surface area contributed by atoms with E-state index in [2.05, 4.69) is 56.2 Å². The molecule has 1 unspecified atom stereocenters. The van der Waals surface area contributed by atoms with Gasteiger partial charge in [0.2, 0.25) is 0 Å². The molecule has 3 heteroatoms. The molecule has 0 aliphatic heterocycles. The second-order valence-corrected chi connectivity index (χ2v) is 5.66. The third-order valence-corrected chi connectivity index (χ3v) is 3.91. The van der Waals surface area contributed by atoms with Crippen LogP contribution in [0.25, 0.3) is 0 Å². The van der Waals surface area contributed by atoms with Crippen molar-refractivity contribution in [2.24, 2.45) is 12.8 Å². The minimum atomic E-state index is 0.214. The van der Waals surface area contributed by atoms with Crippen molar-refractivity contribution in [2.45, 2.75) is 39.0 Å². The number of nitrogens with zero attached hydrogens (tertiary/aromatic N) is 2. The summed E-state index contributed by atoms with van der Waals surface area (Å²) in [7, 11) is 2.00. The van der Waals surface area contributed by atoms with Gasteiger partial charge in [-0.3, -0.25) is 4.68 Å². The van der Waals surface area contributed by atoms with Gasteiger partial charge in [0.05, 0.1) is 5.69 Å². The molecule has 1 aromatic heterocycles. The first-order valence-corrected chi connectivity index (χ1v) is 7.39. The molecule has 1 aromatic carbocycles. The summed E-state index contributed by atoms with van der Waals surface area (Å²) in [5.74, 6) is 0.654. The Hall–Kier alpha value is -1.61. The predicted molar refractivity (Wildman–Crippen MR) is 84.0 cm³/mol. The molecule has 0 amide bonds. The molecule has 0 aliphatic carbocycles. The molecule has 0 spiro atoms. The van der Waals surface area contributed by atoms with Gasteiger partial charge in [-0.05, 0) is 29.5 Å². The van der Waals surface area contributed by atoms with Crippen molar-refractivity contribution >= 4 is 0 Å². The minimum absolute atomic E-state index is 0.214. The molecule has 0 fully saturated rings. The number of benzene rings is 1. The maximum atomic E-state index is 6.02. The molecule has 2 rings (SSSR count). The molecule has 2 aromatic rings. The minimum Gasteiger partial charge on any atom is -0.329 e. The van der Waals surface area contributed by atoms with Gasteiger partial charge in [0.15, 0.2) is 0 Å². The Balaban J connectivity index is 2.35. The molecule has 1 heterocycles. The van der Waals surface area contributed by atoms with E-state index in [0.29, 0.717) is 12.5 Å². The average Bonchev–Trinajstić information content (AvgIpc) is 2.83. The van der Waals surface area contributed by atoms with Crippen molar-refractivity contribution in [2.75, 3.05) is 6.54 Å². The average molecular weight is 271 g/mol. The molecule has 0 bridgehead atoms. The van der Waals surface area contributed by atoms with Gasteiger partial charge in [-0.25, -0.2) is 0 Å². The van der Waals surface area contributed by atoms with E-state index in [1.807, 2.05) is 11.7 Å². The summed E-state index contributed by atoms with van der Waals surface area (Å²) in [5, 5.41) is 4.60. The van der Waals surface area contributed by atoms with Gasteiger partial charge in [0.25, 0.3) is 0 Å². The first-order valence-electron chi connectivity index (χ1n) is 7.39. The van der Waals surface area contributed by atoms with Crippen LogP contribution in [-0.2, 0) is 13.5 Å². The number of nitrogens with two attached hydrogens (primary N) is 1. The van der Waals surface area contributed by atoms with Crippen molar-refractivity contribution in [3.63, 3.8) is 0 Å². The standard InChI is InChI=1S/C17H25N3/c1-5-13-6-8-14(9-7-13)15(11-18)17-10-16(12(2)3)19-20(17)4/h6-10,12,15H,5,11,18H2,1-4H3.